The molecule has 0 saturated heterocycles. The third-order valence-electron chi connectivity index (χ3n) is 5.33. The van der Waals surface area contributed by atoms with Gasteiger partial charge in [-0.3, -0.25) is 14.0 Å². The fraction of sp³-hybridized carbons (Fsp3) is 0.476. The molecule has 150 valence electrons. The summed E-state index contributed by atoms with van der Waals surface area (Å²) in [5, 5.41) is 3.50. The third-order valence-corrected chi connectivity index (χ3v) is 5.33. The topological polar surface area (TPSA) is 71.6 Å². The van der Waals surface area contributed by atoms with Crippen LogP contribution in [-0.4, -0.2) is 50.4 Å². The van der Waals surface area contributed by atoms with E-state index in [-0.39, 0.29) is 17.5 Å². The van der Waals surface area contributed by atoms with Gasteiger partial charge in [0.25, 0.3) is 11.5 Å². The van der Waals surface area contributed by atoms with Crippen molar-refractivity contribution in [2.75, 3.05) is 19.6 Å². The standard InChI is InChI=1S/C21H29N5O2/c1-5-25(6-2)12-9-10-15(3)22-20(27)17-14-16-19(24(17)4)23-18-11-7-8-13-26(18)21(16)28/h7-8,11,13-15H,5-6,9-10,12H2,1-4H3,(H,22,27)/t15-/m1/s1. The molecule has 7 heteroatoms. The first-order chi connectivity index (χ1) is 13.5. The SMILES string of the molecule is CCN(CC)CCC[C@@H](C)NC(=O)c1cc2c(=O)n3ccccc3nc2n1C. The number of aryl methyl sites for hydroxylation is 1. The van der Waals surface area contributed by atoms with E-state index in [1.807, 2.05) is 13.0 Å². The van der Waals surface area contributed by atoms with E-state index in [9.17, 15) is 9.59 Å². The second kappa shape index (κ2) is 8.56. The molecule has 0 saturated carbocycles. The molecule has 1 amide bonds. The highest BCUT2D eigenvalue weighted by Gasteiger charge is 2.18. The van der Waals surface area contributed by atoms with Crippen molar-refractivity contribution in [1.82, 2.24) is 24.2 Å². The molecule has 3 aromatic rings. The highest BCUT2D eigenvalue weighted by atomic mass is 16.2. The third kappa shape index (κ3) is 3.94. The highest BCUT2D eigenvalue weighted by Crippen LogP contribution is 2.15. The first kappa shape index (κ1) is 20.1. The molecular formula is C21H29N5O2. The molecule has 0 aliphatic heterocycles. The minimum Gasteiger partial charge on any atom is -0.348 e. The minimum absolute atomic E-state index is 0.0641. The predicted molar refractivity (Wildman–Crippen MR) is 112 cm³/mol. The van der Waals surface area contributed by atoms with Crippen molar-refractivity contribution < 1.29 is 4.79 Å². The molecule has 1 atom stereocenters. The number of amides is 1. The number of carbonyl (C=O) groups excluding carboxylic acids is 1. The number of hydrogen-bond acceptors (Lipinski definition) is 4. The quantitative estimate of drug-likeness (QED) is 0.648. The zero-order valence-electron chi connectivity index (χ0n) is 17.1. The van der Waals surface area contributed by atoms with Crippen molar-refractivity contribution in [3.05, 3.63) is 46.5 Å². The smallest absolute Gasteiger partial charge is 0.268 e. The van der Waals surface area contributed by atoms with E-state index in [1.54, 1.807) is 36.0 Å². The average molecular weight is 383 g/mol. The lowest BCUT2D eigenvalue weighted by molar-refractivity contribution is 0.0929. The molecule has 0 aliphatic carbocycles. The van der Waals surface area contributed by atoms with Crippen LogP contribution in [0.15, 0.2) is 35.3 Å². The fourth-order valence-electron chi connectivity index (χ4n) is 3.57. The molecule has 0 fully saturated rings. The molecule has 0 aromatic carbocycles. The number of nitrogens with zero attached hydrogens (tertiary/aromatic N) is 4. The van der Waals surface area contributed by atoms with E-state index in [4.69, 9.17) is 0 Å². The Morgan fingerprint density at radius 3 is 2.75 bits per heavy atom. The monoisotopic (exact) mass is 383 g/mol. The average Bonchev–Trinajstić information content (AvgIpc) is 3.02. The summed E-state index contributed by atoms with van der Waals surface area (Å²) in [5.74, 6) is -0.177. The second-order valence-corrected chi connectivity index (χ2v) is 7.22. The lowest BCUT2D eigenvalue weighted by Gasteiger charge is -2.19. The summed E-state index contributed by atoms with van der Waals surface area (Å²) in [4.78, 5) is 32.4. The maximum Gasteiger partial charge on any atom is 0.268 e. The molecule has 7 nitrogen and oxygen atoms in total. The van der Waals surface area contributed by atoms with Crippen LogP contribution in [-0.2, 0) is 7.05 Å². The van der Waals surface area contributed by atoms with Gasteiger partial charge in [0, 0.05) is 19.3 Å². The number of carbonyl (C=O) groups is 1. The van der Waals surface area contributed by atoms with Gasteiger partial charge < -0.3 is 14.8 Å². The van der Waals surface area contributed by atoms with Crippen LogP contribution < -0.4 is 10.9 Å². The number of rotatable bonds is 8. The van der Waals surface area contributed by atoms with E-state index in [0.717, 1.165) is 32.5 Å². The summed E-state index contributed by atoms with van der Waals surface area (Å²) in [6, 6.07) is 7.12. The van der Waals surface area contributed by atoms with Crippen molar-refractivity contribution in [2.45, 2.75) is 39.7 Å². The Balaban J connectivity index is 1.77. The molecule has 0 spiro atoms. The van der Waals surface area contributed by atoms with Crippen LogP contribution in [0.1, 0.15) is 44.1 Å². The van der Waals surface area contributed by atoms with Crippen LogP contribution in [0.4, 0.5) is 0 Å². The zero-order valence-corrected chi connectivity index (χ0v) is 17.1. The van der Waals surface area contributed by atoms with Gasteiger partial charge in [0.2, 0.25) is 0 Å². The summed E-state index contributed by atoms with van der Waals surface area (Å²) in [7, 11) is 1.77. The van der Waals surface area contributed by atoms with Crippen LogP contribution in [0.3, 0.4) is 0 Å². The molecule has 3 heterocycles. The Bertz CT molecular complexity index is 1030. The molecule has 3 rings (SSSR count). The van der Waals surface area contributed by atoms with Gasteiger partial charge in [-0.15, -0.1) is 0 Å². The van der Waals surface area contributed by atoms with Crippen LogP contribution in [0.2, 0.25) is 0 Å². The number of hydrogen-bond donors (Lipinski definition) is 1. The first-order valence-corrected chi connectivity index (χ1v) is 9.96. The first-order valence-electron chi connectivity index (χ1n) is 9.96. The Morgan fingerprint density at radius 2 is 2.04 bits per heavy atom. The van der Waals surface area contributed by atoms with Gasteiger partial charge in [-0.1, -0.05) is 19.9 Å². The number of pyridine rings is 1. The molecular weight excluding hydrogens is 354 g/mol. The van der Waals surface area contributed by atoms with Gasteiger partial charge in [-0.05, 0) is 57.6 Å². The fourth-order valence-corrected chi connectivity index (χ4v) is 3.57. The van der Waals surface area contributed by atoms with Crippen LogP contribution >= 0.6 is 0 Å². The van der Waals surface area contributed by atoms with Gasteiger partial charge >= 0.3 is 0 Å². The maximum atomic E-state index is 12.8. The van der Waals surface area contributed by atoms with Crippen molar-refractivity contribution >= 4 is 22.6 Å². The molecule has 0 radical (unpaired) electrons. The largest absolute Gasteiger partial charge is 0.348 e. The molecule has 1 N–H and O–H groups in total. The number of nitrogens with one attached hydrogen (secondary N) is 1. The number of aromatic nitrogens is 3. The van der Waals surface area contributed by atoms with E-state index >= 15 is 0 Å². The Hall–Kier alpha value is -2.67. The van der Waals surface area contributed by atoms with Crippen molar-refractivity contribution in [3.8, 4) is 0 Å². The van der Waals surface area contributed by atoms with Crippen molar-refractivity contribution in [1.29, 1.82) is 0 Å². The van der Waals surface area contributed by atoms with Gasteiger partial charge in [-0.25, -0.2) is 4.98 Å². The van der Waals surface area contributed by atoms with Crippen LogP contribution in [0.5, 0.6) is 0 Å². The molecule has 3 aromatic heterocycles. The van der Waals surface area contributed by atoms with Gasteiger partial charge in [0.1, 0.15) is 17.0 Å². The summed E-state index contributed by atoms with van der Waals surface area (Å²) >= 11 is 0. The Labute approximate surface area is 165 Å². The van der Waals surface area contributed by atoms with E-state index in [0.29, 0.717) is 22.4 Å². The highest BCUT2D eigenvalue weighted by molar-refractivity contribution is 5.98. The van der Waals surface area contributed by atoms with Gasteiger partial charge in [-0.2, -0.15) is 0 Å². The molecule has 0 bridgehead atoms. The lowest BCUT2D eigenvalue weighted by atomic mass is 10.1. The minimum atomic E-state index is -0.177. The lowest BCUT2D eigenvalue weighted by Crippen LogP contribution is -2.34. The van der Waals surface area contributed by atoms with Gasteiger partial charge in [0.05, 0.1) is 5.39 Å². The maximum absolute atomic E-state index is 12.8. The number of fused-ring (bicyclic) bond motifs is 2. The second-order valence-electron chi connectivity index (χ2n) is 7.22. The summed E-state index contributed by atoms with van der Waals surface area (Å²) < 4.78 is 3.20. The molecule has 28 heavy (non-hydrogen) atoms. The molecule has 0 unspecified atom stereocenters. The predicted octanol–water partition coefficient (Wildman–Crippen LogP) is 2.43. The Kier molecular flexibility index (Phi) is 6.14. The normalized spacial score (nSPS) is 12.8. The summed E-state index contributed by atoms with van der Waals surface area (Å²) in [6.45, 7) is 9.47. The van der Waals surface area contributed by atoms with Gasteiger partial charge in [0.15, 0.2) is 0 Å². The zero-order chi connectivity index (χ0) is 20.3. The van der Waals surface area contributed by atoms with E-state index in [2.05, 4.69) is 29.0 Å². The van der Waals surface area contributed by atoms with E-state index < -0.39 is 0 Å². The van der Waals surface area contributed by atoms with Crippen LogP contribution in [0.25, 0.3) is 16.7 Å². The van der Waals surface area contributed by atoms with Crippen molar-refractivity contribution in [2.24, 2.45) is 7.05 Å². The Morgan fingerprint density at radius 1 is 1.29 bits per heavy atom. The van der Waals surface area contributed by atoms with Crippen molar-refractivity contribution in [3.63, 3.8) is 0 Å². The van der Waals surface area contributed by atoms with Crippen LogP contribution in [0, 0.1) is 0 Å². The van der Waals surface area contributed by atoms with E-state index in [1.165, 1.54) is 4.40 Å². The molecule has 0 aliphatic rings. The summed E-state index contributed by atoms with van der Waals surface area (Å²) in [5.41, 5.74) is 1.38. The summed E-state index contributed by atoms with van der Waals surface area (Å²) in [6.07, 6.45) is 3.64.